The molecule has 15 heavy (non-hydrogen) atoms. The number of nitrogens with zero attached hydrogens (tertiary/aromatic N) is 1. The van der Waals surface area contributed by atoms with Gasteiger partial charge in [0.2, 0.25) is 0 Å². The molecular formula is C11H18N2O2. The first-order chi connectivity index (χ1) is 6.83. The van der Waals surface area contributed by atoms with Gasteiger partial charge >= 0.3 is 6.09 Å². The zero-order chi connectivity index (χ0) is 11.6. The van der Waals surface area contributed by atoms with Crippen molar-refractivity contribution in [1.82, 2.24) is 5.32 Å². The third-order valence-corrected chi connectivity index (χ3v) is 2.39. The number of hydrogen-bond acceptors (Lipinski definition) is 3. The average Bonchev–Trinajstić information content (AvgIpc) is 2.77. The van der Waals surface area contributed by atoms with Crippen molar-refractivity contribution in [2.24, 2.45) is 11.8 Å². The minimum Gasteiger partial charge on any atom is -0.444 e. The maximum atomic E-state index is 11.4. The van der Waals surface area contributed by atoms with E-state index in [2.05, 4.69) is 11.4 Å². The zero-order valence-electron chi connectivity index (χ0n) is 9.70. The van der Waals surface area contributed by atoms with E-state index >= 15 is 0 Å². The molecule has 0 aromatic heterocycles. The second-order valence-electron chi connectivity index (χ2n) is 5.07. The van der Waals surface area contributed by atoms with Crippen molar-refractivity contribution >= 4 is 6.09 Å². The Balaban J connectivity index is 2.31. The Kier molecular flexibility index (Phi) is 3.23. The molecule has 1 aliphatic rings. The van der Waals surface area contributed by atoms with E-state index in [-0.39, 0.29) is 12.0 Å². The fourth-order valence-electron chi connectivity index (χ4n) is 1.52. The second-order valence-corrected chi connectivity index (χ2v) is 5.07. The molecule has 0 aromatic rings. The fraction of sp³-hybridized carbons (Fsp3) is 0.818. The summed E-state index contributed by atoms with van der Waals surface area (Å²) < 4.78 is 5.12. The first-order valence-corrected chi connectivity index (χ1v) is 5.22. The van der Waals surface area contributed by atoms with Crippen LogP contribution in [0.15, 0.2) is 0 Å². The van der Waals surface area contributed by atoms with E-state index in [0.29, 0.717) is 5.92 Å². The van der Waals surface area contributed by atoms with Crippen LogP contribution in [-0.2, 0) is 4.74 Å². The molecule has 4 nitrogen and oxygen atoms in total. The Labute approximate surface area is 90.6 Å². The Morgan fingerprint density at radius 2 is 2.20 bits per heavy atom. The third kappa shape index (κ3) is 3.78. The van der Waals surface area contributed by atoms with Gasteiger partial charge < -0.3 is 10.1 Å². The Hall–Kier alpha value is -1.24. The first-order valence-electron chi connectivity index (χ1n) is 5.22. The van der Waals surface area contributed by atoms with Crippen molar-refractivity contribution in [3.05, 3.63) is 0 Å². The summed E-state index contributed by atoms with van der Waals surface area (Å²) in [5.74, 6) is 0.400. The molecule has 1 amide bonds. The normalized spacial score (nSPS) is 26.3. The van der Waals surface area contributed by atoms with Gasteiger partial charge in [-0.2, -0.15) is 5.26 Å². The number of carbonyl (C=O) groups is 1. The highest BCUT2D eigenvalue weighted by molar-refractivity contribution is 5.68. The smallest absolute Gasteiger partial charge is 0.407 e. The lowest BCUT2D eigenvalue weighted by molar-refractivity contribution is 0.0502. The van der Waals surface area contributed by atoms with E-state index in [1.807, 2.05) is 27.7 Å². The number of carbonyl (C=O) groups excluding carboxylic acids is 1. The molecule has 4 heteroatoms. The molecule has 0 spiro atoms. The monoisotopic (exact) mass is 210 g/mol. The maximum absolute atomic E-state index is 11.4. The van der Waals surface area contributed by atoms with E-state index in [1.165, 1.54) is 0 Å². The molecule has 0 aliphatic heterocycles. The van der Waals surface area contributed by atoms with Gasteiger partial charge in [0.25, 0.3) is 0 Å². The molecule has 0 heterocycles. The lowest BCUT2D eigenvalue weighted by Gasteiger charge is -2.21. The summed E-state index contributed by atoms with van der Waals surface area (Å²) in [6.07, 6.45) is 0.478. The third-order valence-electron chi connectivity index (χ3n) is 2.39. The molecule has 3 atom stereocenters. The van der Waals surface area contributed by atoms with Gasteiger partial charge in [0.05, 0.1) is 12.0 Å². The molecule has 1 N–H and O–H groups in total. The summed E-state index contributed by atoms with van der Waals surface area (Å²) in [6.45, 7) is 7.39. The summed E-state index contributed by atoms with van der Waals surface area (Å²) in [6, 6.07) is 2.22. The minimum absolute atomic E-state index is 0.0181. The van der Waals surface area contributed by atoms with Crippen molar-refractivity contribution in [3.63, 3.8) is 0 Å². The molecule has 0 radical (unpaired) electrons. The summed E-state index contributed by atoms with van der Waals surface area (Å²) in [5, 5.41) is 11.4. The quantitative estimate of drug-likeness (QED) is 0.758. The molecule has 0 aromatic carbocycles. The molecule has 1 saturated carbocycles. The fourth-order valence-corrected chi connectivity index (χ4v) is 1.52. The van der Waals surface area contributed by atoms with Gasteiger partial charge in [-0.25, -0.2) is 4.79 Å². The minimum atomic E-state index is -0.470. The van der Waals surface area contributed by atoms with Crippen molar-refractivity contribution in [1.29, 1.82) is 5.26 Å². The lowest BCUT2D eigenvalue weighted by Crippen LogP contribution is -2.38. The molecule has 1 rings (SSSR count). The Bertz CT molecular complexity index is 288. The predicted octanol–water partition coefficient (Wildman–Crippen LogP) is 2.06. The molecular weight excluding hydrogens is 192 g/mol. The Morgan fingerprint density at radius 3 is 2.60 bits per heavy atom. The van der Waals surface area contributed by atoms with Crippen LogP contribution in [0.3, 0.4) is 0 Å². The standard InChI is InChI=1S/C11H18N2O2/c1-7(9-5-8(9)6-12)13-10(14)15-11(2,3)4/h7-9H,5H2,1-4H3,(H,13,14)/t7?,8-,9?/m0/s1. The number of nitriles is 1. The summed E-state index contributed by atoms with van der Waals surface area (Å²) >= 11 is 0. The summed E-state index contributed by atoms with van der Waals surface area (Å²) in [4.78, 5) is 11.4. The number of hydrogen-bond donors (Lipinski definition) is 1. The van der Waals surface area contributed by atoms with E-state index in [0.717, 1.165) is 6.42 Å². The van der Waals surface area contributed by atoms with E-state index in [9.17, 15) is 4.79 Å². The number of alkyl carbamates (subject to hydrolysis) is 1. The van der Waals surface area contributed by atoms with Crippen molar-refractivity contribution in [2.45, 2.75) is 45.8 Å². The molecule has 84 valence electrons. The molecule has 1 aliphatic carbocycles. The largest absolute Gasteiger partial charge is 0.444 e. The number of nitrogens with one attached hydrogen (secondary N) is 1. The van der Waals surface area contributed by atoms with Crippen LogP contribution in [-0.4, -0.2) is 17.7 Å². The van der Waals surface area contributed by atoms with Gasteiger partial charge in [0, 0.05) is 6.04 Å². The number of rotatable bonds is 2. The maximum Gasteiger partial charge on any atom is 0.407 e. The van der Waals surface area contributed by atoms with Gasteiger partial charge in [-0.15, -0.1) is 0 Å². The topological polar surface area (TPSA) is 62.1 Å². The highest BCUT2D eigenvalue weighted by atomic mass is 16.6. The van der Waals surface area contributed by atoms with Crippen LogP contribution in [0.2, 0.25) is 0 Å². The van der Waals surface area contributed by atoms with Crippen LogP contribution < -0.4 is 5.32 Å². The van der Waals surface area contributed by atoms with Crippen molar-refractivity contribution < 1.29 is 9.53 Å². The van der Waals surface area contributed by atoms with Crippen LogP contribution in [0, 0.1) is 23.2 Å². The molecule has 0 bridgehead atoms. The summed E-state index contributed by atoms with van der Waals surface area (Å²) in [7, 11) is 0. The zero-order valence-corrected chi connectivity index (χ0v) is 9.70. The number of amides is 1. The molecule has 0 saturated heterocycles. The lowest BCUT2D eigenvalue weighted by atomic mass is 10.2. The van der Waals surface area contributed by atoms with Crippen LogP contribution in [0.1, 0.15) is 34.1 Å². The van der Waals surface area contributed by atoms with Gasteiger partial charge in [0.1, 0.15) is 5.60 Å². The highest BCUT2D eigenvalue weighted by Crippen LogP contribution is 2.40. The van der Waals surface area contributed by atoms with Crippen molar-refractivity contribution in [3.8, 4) is 6.07 Å². The molecule has 1 fully saturated rings. The molecule has 2 unspecified atom stereocenters. The van der Waals surface area contributed by atoms with Gasteiger partial charge in [0.15, 0.2) is 0 Å². The van der Waals surface area contributed by atoms with E-state index in [4.69, 9.17) is 10.00 Å². The van der Waals surface area contributed by atoms with Crippen LogP contribution in [0.5, 0.6) is 0 Å². The van der Waals surface area contributed by atoms with Crippen LogP contribution >= 0.6 is 0 Å². The first kappa shape index (κ1) is 11.8. The van der Waals surface area contributed by atoms with Gasteiger partial charge in [-0.3, -0.25) is 0 Å². The van der Waals surface area contributed by atoms with E-state index in [1.54, 1.807) is 0 Å². The predicted molar refractivity (Wildman–Crippen MR) is 56.0 cm³/mol. The summed E-state index contributed by atoms with van der Waals surface area (Å²) in [5.41, 5.74) is -0.470. The van der Waals surface area contributed by atoms with Gasteiger partial charge in [-0.05, 0) is 40.0 Å². The Morgan fingerprint density at radius 1 is 1.60 bits per heavy atom. The average molecular weight is 210 g/mol. The van der Waals surface area contributed by atoms with Crippen molar-refractivity contribution in [2.75, 3.05) is 0 Å². The van der Waals surface area contributed by atoms with Crippen LogP contribution in [0.25, 0.3) is 0 Å². The number of ether oxygens (including phenoxy) is 1. The van der Waals surface area contributed by atoms with Gasteiger partial charge in [-0.1, -0.05) is 0 Å². The highest BCUT2D eigenvalue weighted by Gasteiger charge is 2.42. The van der Waals surface area contributed by atoms with E-state index < -0.39 is 11.7 Å². The van der Waals surface area contributed by atoms with Crippen LogP contribution in [0.4, 0.5) is 4.79 Å². The SMILES string of the molecule is CC(NC(=O)OC(C)(C)C)C1C[C@H]1C#N. The second kappa shape index (κ2) is 4.09.